The van der Waals surface area contributed by atoms with Crippen molar-refractivity contribution in [1.29, 1.82) is 0 Å². The molecule has 1 aliphatic heterocycles. The average Bonchev–Trinajstić information content (AvgIpc) is 2.55. The zero-order chi connectivity index (χ0) is 16.0. The summed E-state index contributed by atoms with van der Waals surface area (Å²) >= 11 is 0.371. The first kappa shape index (κ1) is 16.2. The van der Waals surface area contributed by atoms with E-state index in [-0.39, 0.29) is 13.1 Å². The summed E-state index contributed by atoms with van der Waals surface area (Å²) in [5, 5.41) is 0.666. The van der Waals surface area contributed by atoms with Crippen LogP contribution in [0, 0.1) is 5.92 Å². The van der Waals surface area contributed by atoms with Gasteiger partial charge in [-0.1, -0.05) is 11.3 Å². The Hall–Kier alpha value is -1.20. The molecule has 0 radical (unpaired) electrons. The molecule has 1 fully saturated rings. The molecule has 11 heteroatoms. The predicted molar refractivity (Wildman–Crippen MR) is 68.5 cm³/mol. The third kappa shape index (κ3) is 3.35. The second-order valence-corrected chi connectivity index (χ2v) is 7.52. The molecule has 0 bridgehead atoms. The normalized spacial score (nSPS) is 17.7. The standard InChI is InChI=1S/C10H11F3N2O4S2/c1-21(18,19)14-2-6(3-14)7(16)4-15-8(10(11,12)13)5-20-9(15)17/h5-6H,2-4H2,1H3. The number of carbonyl (C=O) groups excluding carboxylic acids is 1. The van der Waals surface area contributed by atoms with E-state index in [9.17, 15) is 31.2 Å². The van der Waals surface area contributed by atoms with Crippen molar-refractivity contribution in [2.75, 3.05) is 19.3 Å². The number of hydrogen-bond acceptors (Lipinski definition) is 5. The van der Waals surface area contributed by atoms with Gasteiger partial charge < -0.3 is 0 Å². The van der Waals surface area contributed by atoms with Crippen molar-refractivity contribution in [2.24, 2.45) is 5.92 Å². The predicted octanol–water partition coefficient (Wildman–Crippen LogP) is 0.389. The van der Waals surface area contributed by atoms with Crippen molar-refractivity contribution in [3.05, 3.63) is 20.7 Å². The monoisotopic (exact) mass is 344 g/mol. The van der Waals surface area contributed by atoms with Crippen LogP contribution in [0.5, 0.6) is 0 Å². The molecule has 1 aromatic rings. The molecule has 0 spiro atoms. The third-order valence-corrected chi connectivity index (χ3v) is 5.16. The Kier molecular flexibility index (Phi) is 4.02. The van der Waals surface area contributed by atoms with Crippen molar-refractivity contribution >= 4 is 27.1 Å². The molecular weight excluding hydrogens is 333 g/mol. The summed E-state index contributed by atoms with van der Waals surface area (Å²) in [5.74, 6) is -1.26. The Bertz CT molecular complexity index is 713. The van der Waals surface area contributed by atoms with Gasteiger partial charge in [0.05, 0.1) is 12.8 Å². The number of thiazole rings is 1. The number of sulfonamides is 1. The average molecular weight is 344 g/mol. The van der Waals surface area contributed by atoms with E-state index in [1.807, 2.05) is 0 Å². The maximum Gasteiger partial charge on any atom is 0.432 e. The summed E-state index contributed by atoms with van der Waals surface area (Å²) in [4.78, 5) is 22.4. The fourth-order valence-electron chi connectivity index (χ4n) is 1.90. The lowest BCUT2D eigenvalue weighted by Crippen LogP contribution is -2.53. The summed E-state index contributed by atoms with van der Waals surface area (Å²) in [6.07, 6.45) is -3.73. The zero-order valence-corrected chi connectivity index (χ0v) is 12.4. The minimum Gasteiger partial charge on any atom is -0.297 e. The summed E-state index contributed by atoms with van der Waals surface area (Å²) < 4.78 is 61.8. The highest BCUT2D eigenvalue weighted by Crippen LogP contribution is 2.30. The van der Waals surface area contributed by atoms with Gasteiger partial charge in [0, 0.05) is 24.4 Å². The van der Waals surface area contributed by atoms with E-state index in [2.05, 4.69) is 0 Å². The first-order valence-electron chi connectivity index (χ1n) is 5.73. The molecule has 0 N–H and O–H groups in total. The van der Waals surface area contributed by atoms with E-state index in [4.69, 9.17) is 0 Å². The summed E-state index contributed by atoms with van der Waals surface area (Å²) in [5.41, 5.74) is -1.16. The fourth-order valence-corrected chi connectivity index (χ4v) is 3.56. The molecule has 0 aromatic carbocycles. The second kappa shape index (κ2) is 5.21. The smallest absolute Gasteiger partial charge is 0.297 e. The Morgan fingerprint density at radius 3 is 2.48 bits per heavy atom. The maximum atomic E-state index is 12.7. The number of alkyl halides is 3. The molecule has 1 aromatic heterocycles. The summed E-state index contributed by atoms with van der Waals surface area (Å²) in [6.45, 7) is -0.810. The van der Waals surface area contributed by atoms with Crippen LogP contribution in [0.25, 0.3) is 0 Å². The third-order valence-electron chi connectivity index (χ3n) is 3.16. The SMILES string of the molecule is CS(=O)(=O)N1CC(C(=O)Cn2c(C(F)(F)F)csc2=O)C1. The van der Waals surface area contributed by atoms with Gasteiger partial charge in [-0.05, 0) is 0 Å². The van der Waals surface area contributed by atoms with Gasteiger partial charge in [-0.3, -0.25) is 14.2 Å². The molecule has 1 saturated heterocycles. The van der Waals surface area contributed by atoms with Crippen molar-refractivity contribution < 1.29 is 26.4 Å². The van der Waals surface area contributed by atoms with Crippen LogP contribution >= 0.6 is 11.3 Å². The molecule has 1 aliphatic rings. The molecule has 2 heterocycles. The molecule has 0 atom stereocenters. The largest absolute Gasteiger partial charge is 0.432 e. The second-order valence-electron chi connectivity index (χ2n) is 4.71. The Morgan fingerprint density at radius 2 is 2.00 bits per heavy atom. The molecule has 118 valence electrons. The number of carbonyl (C=O) groups is 1. The van der Waals surface area contributed by atoms with Gasteiger partial charge in [0.25, 0.3) is 0 Å². The minimum atomic E-state index is -4.71. The topological polar surface area (TPSA) is 76.5 Å². The Morgan fingerprint density at radius 1 is 1.43 bits per heavy atom. The quantitative estimate of drug-likeness (QED) is 0.792. The molecule has 21 heavy (non-hydrogen) atoms. The van der Waals surface area contributed by atoms with Gasteiger partial charge in [0.1, 0.15) is 5.69 Å². The lowest BCUT2D eigenvalue weighted by atomic mass is 9.98. The van der Waals surface area contributed by atoms with Crippen molar-refractivity contribution in [3.8, 4) is 0 Å². The number of halogens is 3. The van der Waals surface area contributed by atoms with Gasteiger partial charge in [-0.15, -0.1) is 0 Å². The summed E-state index contributed by atoms with van der Waals surface area (Å²) in [7, 11) is -3.40. The summed E-state index contributed by atoms with van der Waals surface area (Å²) in [6, 6.07) is 0. The lowest BCUT2D eigenvalue weighted by Gasteiger charge is -2.36. The number of Topliss-reactive ketones (excluding diaryl/α,β-unsaturated/α-hetero) is 1. The van der Waals surface area contributed by atoms with Gasteiger partial charge in [0.15, 0.2) is 5.78 Å². The van der Waals surface area contributed by atoms with E-state index < -0.39 is 45.0 Å². The molecule has 0 amide bonds. The van der Waals surface area contributed by atoms with Crippen molar-refractivity contribution in [2.45, 2.75) is 12.7 Å². The molecule has 0 unspecified atom stereocenters. The van der Waals surface area contributed by atoms with E-state index in [0.29, 0.717) is 21.3 Å². The fraction of sp³-hybridized carbons (Fsp3) is 0.600. The van der Waals surface area contributed by atoms with E-state index >= 15 is 0 Å². The van der Waals surface area contributed by atoms with Crippen LogP contribution in [-0.2, 0) is 27.5 Å². The number of nitrogens with zero attached hydrogens (tertiary/aromatic N) is 2. The first-order chi connectivity index (χ1) is 9.50. The molecule has 6 nitrogen and oxygen atoms in total. The maximum absolute atomic E-state index is 12.7. The Labute approximate surface area is 121 Å². The van der Waals surface area contributed by atoms with Gasteiger partial charge >= 0.3 is 11.0 Å². The van der Waals surface area contributed by atoms with Crippen LogP contribution < -0.4 is 4.87 Å². The van der Waals surface area contributed by atoms with Crippen LogP contribution in [-0.4, -0.2) is 42.4 Å². The van der Waals surface area contributed by atoms with Crippen LogP contribution in [0.3, 0.4) is 0 Å². The van der Waals surface area contributed by atoms with Crippen molar-refractivity contribution in [1.82, 2.24) is 8.87 Å². The first-order valence-corrected chi connectivity index (χ1v) is 8.46. The zero-order valence-electron chi connectivity index (χ0n) is 10.8. The van der Waals surface area contributed by atoms with Gasteiger partial charge in [-0.25, -0.2) is 12.7 Å². The lowest BCUT2D eigenvalue weighted by molar-refractivity contribution is -0.144. The molecule has 2 rings (SSSR count). The van der Waals surface area contributed by atoms with Gasteiger partial charge in [-0.2, -0.15) is 13.2 Å². The molecule has 0 saturated carbocycles. The van der Waals surface area contributed by atoms with Crippen LogP contribution in [0.15, 0.2) is 10.2 Å². The Balaban J connectivity index is 2.09. The van der Waals surface area contributed by atoms with Crippen LogP contribution in [0.4, 0.5) is 13.2 Å². The minimum absolute atomic E-state index is 0.0576. The highest BCUT2D eigenvalue weighted by molar-refractivity contribution is 7.88. The van der Waals surface area contributed by atoms with Crippen molar-refractivity contribution in [3.63, 3.8) is 0 Å². The number of aromatic nitrogens is 1. The molecule has 0 aliphatic carbocycles. The molecular formula is C10H11F3N2O4S2. The van der Waals surface area contributed by atoms with Gasteiger partial charge in [0.2, 0.25) is 10.0 Å². The number of ketones is 1. The highest BCUT2D eigenvalue weighted by Gasteiger charge is 2.40. The number of hydrogen-bond donors (Lipinski definition) is 0. The van der Waals surface area contributed by atoms with Crippen LogP contribution in [0.2, 0.25) is 0 Å². The van der Waals surface area contributed by atoms with E-state index in [1.54, 1.807) is 0 Å². The van der Waals surface area contributed by atoms with E-state index in [0.717, 1.165) is 10.6 Å². The van der Waals surface area contributed by atoms with E-state index in [1.165, 1.54) is 0 Å². The highest BCUT2D eigenvalue weighted by atomic mass is 32.2. The number of rotatable bonds is 4. The van der Waals surface area contributed by atoms with Crippen LogP contribution in [0.1, 0.15) is 5.69 Å².